The van der Waals surface area contributed by atoms with Crippen molar-refractivity contribution in [3.05, 3.63) is 30.1 Å². The van der Waals surface area contributed by atoms with Gasteiger partial charge in [-0.2, -0.15) is 0 Å². The van der Waals surface area contributed by atoms with Gasteiger partial charge >= 0.3 is 0 Å². The fourth-order valence-corrected chi connectivity index (χ4v) is 2.68. The maximum absolute atomic E-state index is 12.4. The van der Waals surface area contributed by atoms with Crippen molar-refractivity contribution in [3.8, 4) is 0 Å². The third-order valence-electron chi connectivity index (χ3n) is 4.06. The minimum Gasteiger partial charge on any atom is -0.346 e. The minimum atomic E-state index is -0.412. The molecule has 0 spiro atoms. The lowest BCUT2D eigenvalue weighted by atomic mass is 9.83. The number of Topliss-reactive ketones (excluding diaryl/α,β-unsaturated/α-hetero) is 1. The largest absolute Gasteiger partial charge is 0.346 e. The molecule has 1 N–H and O–H groups in total. The summed E-state index contributed by atoms with van der Waals surface area (Å²) in [6.45, 7) is 11.8. The van der Waals surface area contributed by atoms with Crippen LogP contribution >= 0.6 is 0 Å². The van der Waals surface area contributed by atoms with E-state index in [-0.39, 0.29) is 28.9 Å². The Morgan fingerprint density at radius 2 is 2.00 bits per heavy atom. The molecule has 1 saturated carbocycles. The summed E-state index contributed by atoms with van der Waals surface area (Å²) in [6, 6.07) is 3.48. The summed E-state index contributed by atoms with van der Waals surface area (Å²) in [7, 11) is 0. The number of hydrogen-bond acceptors (Lipinski definition) is 3. The van der Waals surface area contributed by atoms with Crippen molar-refractivity contribution in [2.75, 3.05) is 0 Å². The highest BCUT2D eigenvalue weighted by atomic mass is 16.2. The molecule has 0 radical (unpaired) electrons. The molecule has 4 heteroatoms. The van der Waals surface area contributed by atoms with Gasteiger partial charge in [0.2, 0.25) is 5.91 Å². The first-order chi connectivity index (χ1) is 10.8. The van der Waals surface area contributed by atoms with Gasteiger partial charge in [0.25, 0.3) is 0 Å². The molecule has 0 aromatic carbocycles. The van der Waals surface area contributed by atoms with Gasteiger partial charge in [-0.3, -0.25) is 14.6 Å². The number of aromatic nitrogens is 1. The lowest BCUT2D eigenvalue weighted by Gasteiger charge is -2.30. The quantitative estimate of drug-likeness (QED) is 0.900. The highest BCUT2D eigenvalue weighted by Crippen LogP contribution is 2.47. The van der Waals surface area contributed by atoms with E-state index in [4.69, 9.17) is 0 Å². The topological polar surface area (TPSA) is 59.1 Å². The molecule has 0 bridgehead atoms. The van der Waals surface area contributed by atoms with Crippen LogP contribution in [0.1, 0.15) is 65.9 Å². The van der Waals surface area contributed by atoms with E-state index in [0.717, 1.165) is 12.0 Å². The Bertz CT molecular complexity index is 520. The number of rotatable bonds is 5. The average molecular weight is 318 g/mol. The van der Waals surface area contributed by atoms with Gasteiger partial charge in [0, 0.05) is 24.7 Å². The monoisotopic (exact) mass is 318 g/mol. The molecule has 0 saturated heterocycles. The van der Waals surface area contributed by atoms with Crippen LogP contribution in [0.2, 0.25) is 0 Å². The normalized spacial score (nSPS) is 20.8. The maximum atomic E-state index is 12.4. The second-order valence-electron chi connectivity index (χ2n) is 6.86. The van der Waals surface area contributed by atoms with Gasteiger partial charge in [-0.15, -0.1) is 0 Å². The van der Waals surface area contributed by atoms with Crippen LogP contribution in [0.25, 0.3) is 0 Å². The highest BCUT2D eigenvalue weighted by Gasteiger charge is 2.45. The van der Waals surface area contributed by atoms with E-state index in [0.29, 0.717) is 6.42 Å². The molecule has 23 heavy (non-hydrogen) atoms. The molecule has 4 nitrogen and oxygen atoms in total. The van der Waals surface area contributed by atoms with Crippen molar-refractivity contribution in [2.24, 2.45) is 11.3 Å². The first-order valence-corrected chi connectivity index (χ1v) is 8.57. The van der Waals surface area contributed by atoms with Crippen molar-refractivity contribution in [3.63, 3.8) is 0 Å². The van der Waals surface area contributed by atoms with Gasteiger partial charge in [0.05, 0.1) is 6.04 Å². The standard InChI is InChI=1S/C17H24N2O2.C2H6/c1-5-14(20)15(17(2,3)4)19-16(21)13-9-12(13)11-7-6-8-18-10-11;1-2/h6-8,10,12-13,15H,5,9H2,1-4H3,(H,19,21);1-2H3/t12?,13-,15?;/m0./s1. The number of nitrogens with one attached hydrogen (secondary N) is 1. The number of carbonyl (C=O) groups excluding carboxylic acids is 2. The van der Waals surface area contributed by atoms with Crippen LogP contribution in [0.5, 0.6) is 0 Å². The molecular formula is C19H30N2O2. The number of amides is 1. The van der Waals surface area contributed by atoms with Crippen molar-refractivity contribution < 1.29 is 9.59 Å². The Hall–Kier alpha value is -1.71. The summed E-state index contributed by atoms with van der Waals surface area (Å²) < 4.78 is 0. The SMILES string of the molecule is CC.CCC(=O)C(NC(=O)[C@H]1CC1c1cccnc1)C(C)(C)C. The van der Waals surface area contributed by atoms with Crippen LogP contribution in [0.4, 0.5) is 0 Å². The first-order valence-electron chi connectivity index (χ1n) is 8.57. The number of ketones is 1. The highest BCUT2D eigenvalue weighted by molar-refractivity contribution is 5.91. The van der Waals surface area contributed by atoms with Crippen molar-refractivity contribution in [1.82, 2.24) is 10.3 Å². The van der Waals surface area contributed by atoms with Crippen molar-refractivity contribution in [2.45, 2.75) is 66.3 Å². The van der Waals surface area contributed by atoms with Gasteiger partial charge in [-0.1, -0.05) is 47.6 Å². The molecule has 1 fully saturated rings. The predicted molar refractivity (Wildman–Crippen MR) is 93.1 cm³/mol. The zero-order chi connectivity index (χ0) is 17.6. The zero-order valence-corrected chi connectivity index (χ0v) is 15.2. The summed E-state index contributed by atoms with van der Waals surface area (Å²) in [5.41, 5.74) is 0.841. The van der Waals surface area contributed by atoms with Crippen LogP contribution in [0, 0.1) is 11.3 Å². The first kappa shape index (κ1) is 19.3. The second kappa shape index (κ2) is 8.23. The smallest absolute Gasteiger partial charge is 0.224 e. The Morgan fingerprint density at radius 1 is 1.35 bits per heavy atom. The van der Waals surface area contributed by atoms with E-state index in [2.05, 4.69) is 10.3 Å². The number of carbonyl (C=O) groups is 2. The Morgan fingerprint density at radius 3 is 2.48 bits per heavy atom. The molecule has 0 aliphatic heterocycles. The Balaban J connectivity index is 0.00000127. The van der Waals surface area contributed by atoms with Gasteiger partial charge in [-0.25, -0.2) is 0 Å². The van der Waals surface area contributed by atoms with E-state index in [1.807, 2.05) is 59.9 Å². The molecule has 1 amide bonds. The second-order valence-corrected chi connectivity index (χ2v) is 6.86. The van der Waals surface area contributed by atoms with Crippen LogP contribution in [0.15, 0.2) is 24.5 Å². The molecule has 3 atom stereocenters. The van der Waals surface area contributed by atoms with Crippen molar-refractivity contribution in [1.29, 1.82) is 0 Å². The Kier molecular flexibility index (Phi) is 6.92. The van der Waals surface area contributed by atoms with E-state index in [1.54, 1.807) is 6.20 Å². The average Bonchev–Trinajstić information content (AvgIpc) is 3.34. The van der Waals surface area contributed by atoms with E-state index in [1.165, 1.54) is 0 Å². The summed E-state index contributed by atoms with van der Waals surface area (Å²) in [5.74, 6) is 0.305. The van der Waals surface area contributed by atoms with Crippen LogP contribution in [-0.4, -0.2) is 22.7 Å². The van der Waals surface area contributed by atoms with Gasteiger partial charge < -0.3 is 5.32 Å². The summed E-state index contributed by atoms with van der Waals surface area (Å²) in [4.78, 5) is 28.5. The molecule has 1 aliphatic carbocycles. The third kappa shape index (κ3) is 5.15. The lowest BCUT2D eigenvalue weighted by Crippen LogP contribution is -2.49. The number of hydrogen-bond donors (Lipinski definition) is 1. The fourth-order valence-electron chi connectivity index (χ4n) is 2.68. The van der Waals surface area contributed by atoms with Gasteiger partial charge in [0.1, 0.15) is 0 Å². The molecule has 1 aromatic rings. The summed E-state index contributed by atoms with van der Waals surface area (Å²) in [5, 5.41) is 2.96. The molecule has 1 aliphatic rings. The molecular weight excluding hydrogens is 288 g/mol. The van der Waals surface area contributed by atoms with E-state index >= 15 is 0 Å². The Labute approximate surface area is 140 Å². The molecule has 128 valence electrons. The number of nitrogens with zero attached hydrogens (tertiary/aromatic N) is 1. The minimum absolute atomic E-state index is 0.00872. The molecule has 1 heterocycles. The zero-order valence-electron chi connectivity index (χ0n) is 15.2. The molecule has 2 rings (SSSR count). The number of pyridine rings is 1. The maximum Gasteiger partial charge on any atom is 0.224 e. The lowest BCUT2D eigenvalue weighted by molar-refractivity contribution is -0.130. The molecule has 1 aromatic heterocycles. The van der Waals surface area contributed by atoms with Crippen LogP contribution < -0.4 is 5.32 Å². The van der Waals surface area contributed by atoms with Crippen molar-refractivity contribution >= 4 is 11.7 Å². The van der Waals surface area contributed by atoms with Crippen LogP contribution in [0.3, 0.4) is 0 Å². The summed E-state index contributed by atoms with van der Waals surface area (Å²) >= 11 is 0. The van der Waals surface area contributed by atoms with E-state index in [9.17, 15) is 9.59 Å². The van der Waals surface area contributed by atoms with Gasteiger partial charge in [-0.05, 0) is 29.4 Å². The predicted octanol–water partition coefficient (Wildman–Crippen LogP) is 3.72. The van der Waals surface area contributed by atoms with E-state index < -0.39 is 6.04 Å². The molecule has 2 unspecified atom stereocenters. The fraction of sp³-hybridized carbons (Fsp3) is 0.632. The summed E-state index contributed by atoms with van der Waals surface area (Å²) in [6.07, 6.45) is 4.83. The van der Waals surface area contributed by atoms with Gasteiger partial charge in [0.15, 0.2) is 5.78 Å². The third-order valence-corrected chi connectivity index (χ3v) is 4.06. The van der Waals surface area contributed by atoms with Crippen LogP contribution in [-0.2, 0) is 9.59 Å².